The molecule has 0 unspecified atom stereocenters. The monoisotopic (exact) mass is 298 g/mol. The van der Waals surface area contributed by atoms with Gasteiger partial charge in [0.2, 0.25) is 0 Å². The number of hydrogen-bond acceptors (Lipinski definition) is 0. The fourth-order valence-electron chi connectivity index (χ4n) is 2.92. The van der Waals surface area contributed by atoms with Crippen LogP contribution >= 0.6 is 15.9 Å². The average Bonchev–Trinajstić information content (AvgIpc) is 2.39. The molecule has 0 saturated heterocycles. The van der Waals surface area contributed by atoms with Gasteiger partial charge in [0.25, 0.3) is 0 Å². The molecule has 0 saturated carbocycles. The summed E-state index contributed by atoms with van der Waals surface area (Å²) in [5, 5.41) is 5.45. The topological polar surface area (TPSA) is 0 Å². The summed E-state index contributed by atoms with van der Waals surface area (Å²) in [6.07, 6.45) is 1.07. The zero-order chi connectivity index (χ0) is 12.7. The molecule has 0 radical (unpaired) electrons. The first-order valence-corrected chi connectivity index (χ1v) is 7.11. The van der Waals surface area contributed by atoms with Crippen molar-refractivity contribution in [3.05, 3.63) is 58.1 Å². The molecule has 0 bridgehead atoms. The van der Waals surface area contributed by atoms with Gasteiger partial charge < -0.3 is 0 Å². The van der Waals surface area contributed by atoms with E-state index in [2.05, 4.69) is 72.2 Å². The second-order valence-corrected chi connectivity index (χ2v) is 5.52. The number of fused-ring (bicyclic) bond motifs is 3. The first kappa shape index (κ1) is 11.7. The number of hydrogen-bond donors (Lipinski definition) is 0. The highest BCUT2D eigenvalue weighted by Gasteiger charge is 2.11. The summed E-state index contributed by atoms with van der Waals surface area (Å²) < 4.78 is 1.19. The predicted octanol–water partition coefficient (Wildman–Crippen LogP) is 5.63. The lowest BCUT2D eigenvalue weighted by atomic mass is 9.91. The van der Waals surface area contributed by atoms with Crippen LogP contribution in [0.15, 0.2) is 46.9 Å². The molecule has 3 aromatic rings. The molecule has 0 fully saturated rings. The summed E-state index contributed by atoms with van der Waals surface area (Å²) in [4.78, 5) is 0. The molecule has 3 rings (SSSR count). The summed E-state index contributed by atoms with van der Waals surface area (Å²) in [7, 11) is 0. The molecule has 18 heavy (non-hydrogen) atoms. The normalized spacial score (nSPS) is 11.3. The van der Waals surface area contributed by atoms with Crippen LogP contribution in [0.4, 0.5) is 0 Å². The van der Waals surface area contributed by atoms with E-state index < -0.39 is 0 Å². The van der Waals surface area contributed by atoms with E-state index in [4.69, 9.17) is 0 Å². The third-order valence-electron chi connectivity index (χ3n) is 3.74. The third-order valence-corrected chi connectivity index (χ3v) is 4.40. The third kappa shape index (κ3) is 1.58. The lowest BCUT2D eigenvalue weighted by molar-refractivity contribution is 1.14. The fourth-order valence-corrected chi connectivity index (χ4v) is 3.58. The SMILES string of the molecule is CCc1c(C)c2c(Br)cccc2c2ccccc12. The quantitative estimate of drug-likeness (QED) is 0.511. The molecule has 3 aromatic carbocycles. The first-order chi connectivity index (χ1) is 8.74. The van der Waals surface area contributed by atoms with Crippen LogP contribution in [0.2, 0.25) is 0 Å². The fraction of sp³-hybridized carbons (Fsp3) is 0.176. The summed E-state index contributed by atoms with van der Waals surface area (Å²) in [6.45, 7) is 4.47. The van der Waals surface area contributed by atoms with Gasteiger partial charge in [-0.1, -0.05) is 59.3 Å². The highest BCUT2D eigenvalue weighted by molar-refractivity contribution is 9.10. The molecule has 90 valence electrons. The van der Waals surface area contributed by atoms with E-state index in [1.165, 1.54) is 37.1 Å². The Kier molecular flexibility index (Phi) is 2.87. The zero-order valence-corrected chi connectivity index (χ0v) is 12.2. The second kappa shape index (κ2) is 4.40. The van der Waals surface area contributed by atoms with E-state index in [1.807, 2.05) is 0 Å². The van der Waals surface area contributed by atoms with Gasteiger partial charge in [-0.2, -0.15) is 0 Å². The van der Waals surface area contributed by atoms with Crippen molar-refractivity contribution >= 4 is 37.5 Å². The van der Waals surface area contributed by atoms with Gasteiger partial charge in [0.15, 0.2) is 0 Å². The lowest BCUT2D eigenvalue weighted by Gasteiger charge is -2.14. The summed E-state index contributed by atoms with van der Waals surface area (Å²) in [5.74, 6) is 0. The lowest BCUT2D eigenvalue weighted by Crippen LogP contribution is -1.92. The van der Waals surface area contributed by atoms with Gasteiger partial charge in [0.05, 0.1) is 0 Å². The van der Waals surface area contributed by atoms with Crippen molar-refractivity contribution in [1.29, 1.82) is 0 Å². The van der Waals surface area contributed by atoms with E-state index in [1.54, 1.807) is 0 Å². The van der Waals surface area contributed by atoms with Crippen molar-refractivity contribution in [2.45, 2.75) is 20.3 Å². The van der Waals surface area contributed by atoms with E-state index in [0.29, 0.717) is 0 Å². The summed E-state index contributed by atoms with van der Waals surface area (Å²) >= 11 is 3.70. The second-order valence-electron chi connectivity index (χ2n) is 4.67. The Labute approximate surface area is 116 Å². The van der Waals surface area contributed by atoms with E-state index in [9.17, 15) is 0 Å². The Hall–Kier alpha value is -1.34. The van der Waals surface area contributed by atoms with Crippen LogP contribution in [0.1, 0.15) is 18.1 Å². The molecule has 0 atom stereocenters. The van der Waals surface area contributed by atoms with Gasteiger partial charge in [0.1, 0.15) is 0 Å². The van der Waals surface area contributed by atoms with Gasteiger partial charge >= 0.3 is 0 Å². The molecule has 0 aliphatic heterocycles. The molecule has 0 nitrogen and oxygen atoms in total. The summed E-state index contributed by atoms with van der Waals surface area (Å²) in [6, 6.07) is 15.2. The Morgan fingerprint density at radius 1 is 0.889 bits per heavy atom. The Morgan fingerprint density at radius 3 is 2.28 bits per heavy atom. The Bertz CT molecular complexity index is 741. The molecule has 1 heteroatoms. The van der Waals surface area contributed by atoms with Gasteiger partial charge in [-0.3, -0.25) is 0 Å². The Balaban J connectivity index is 2.66. The highest BCUT2D eigenvalue weighted by atomic mass is 79.9. The van der Waals surface area contributed by atoms with Gasteiger partial charge in [-0.15, -0.1) is 0 Å². The maximum Gasteiger partial charge on any atom is 0.0256 e. The van der Waals surface area contributed by atoms with Gasteiger partial charge in [-0.25, -0.2) is 0 Å². The maximum atomic E-state index is 3.70. The first-order valence-electron chi connectivity index (χ1n) is 6.32. The smallest absolute Gasteiger partial charge is 0.0256 e. The van der Waals surface area contributed by atoms with Crippen molar-refractivity contribution in [1.82, 2.24) is 0 Å². The van der Waals surface area contributed by atoms with Crippen LogP contribution in [0.3, 0.4) is 0 Å². The van der Waals surface area contributed by atoms with Crippen LogP contribution in [-0.2, 0) is 6.42 Å². The summed E-state index contributed by atoms with van der Waals surface area (Å²) in [5.41, 5.74) is 2.86. The van der Waals surface area contributed by atoms with Gasteiger partial charge in [0, 0.05) is 4.47 Å². The zero-order valence-electron chi connectivity index (χ0n) is 10.6. The van der Waals surface area contributed by atoms with Crippen LogP contribution in [-0.4, -0.2) is 0 Å². The molecular formula is C17H15Br. The van der Waals surface area contributed by atoms with Crippen molar-refractivity contribution in [3.63, 3.8) is 0 Å². The largest absolute Gasteiger partial charge is 0.0616 e. The number of halogens is 1. The van der Waals surface area contributed by atoms with Crippen LogP contribution < -0.4 is 0 Å². The van der Waals surface area contributed by atoms with Crippen LogP contribution in [0, 0.1) is 6.92 Å². The number of benzene rings is 3. The minimum atomic E-state index is 1.07. The van der Waals surface area contributed by atoms with E-state index in [0.717, 1.165) is 6.42 Å². The Morgan fingerprint density at radius 2 is 1.56 bits per heavy atom. The van der Waals surface area contributed by atoms with Gasteiger partial charge in [-0.05, 0) is 52.1 Å². The predicted molar refractivity (Wildman–Crippen MR) is 83.3 cm³/mol. The molecule has 0 aliphatic rings. The minimum Gasteiger partial charge on any atom is -0.0616 e. The van der Waals surface area contributed by atoms with Crippen molar-refractivity contribution in [3.8, 4) is 0 Å². The number of rotatable bonds is 1. The molecule has 0 aromatic heterocycles. The minimum absolute atomic E-state index is 1.07. The molecule has 0 spiro atoms. The molecule has 0 amide bonds. The molecule has 0 N–H and O–H groups in total. The molecular weight excluding hydrogens is 284 g/mol. The van der Waals surface area contributed by atoms with Crippen LogP contribution in [0.5, 0.6) is 0 Å². The number of aryl methyl sites for hydroxylation is 2. The molecule has 0 aliphatic carbocycles. The molecule has 0 heterocycles. The van der Waals surface area contributed by atoms with E-state index in [-0.39, 0.29) is 0 Å². The van der Waals surface area contributed by atoms with Crippen LogP contribution in [0.25, 0.3) is 21.5 Å². The maximum absolute atomic E-state index is 3.70. The van der Waals surface area contributed by atoms with Crippen molar-refractivity contribution in [2.75, 3.05) is 0 Å². The van der Waals surface area contributed by atoms with Crippen molar-refractivity contribution < 1.29 is 0 Å². The van der Waals surface area contributed by atoms with Crippen molar-refractivity contribution in [2.24, 2.45) is 0 Å². The van der Waals surface area contributed by atoms with E-state index >= 15 is 0 Å². The highest BCUT2D eigenvalue weighted by Crippen LogP contribution is 2.36. The standard InChI is InChI=1S/C17H15Br/c1-3-12-11(2)17-15(9-6-10-16(17)18)14-8-5-4-7-13(12)14/h4-10H,3H2,1-2H3. The average molecular weight is 299 g/mol.